The Morgan fingerprint density at radius 2 is 1.76 bits per heavy atom. The number of nitrogens with zero attached hydrogens (tertiary/aromatic N) is 1. The second kappa shape index (κ2) is 10.7. The van der Waals surface area contributed by atoms with Gasteiger partial charge in [0.2, 0.25) is 0 Å². The predicted molar refractivity (Wildman–Crippen MR) is 137 cm³/mol. The molecule has 2 amide bonds. The molecule has 4 rings (SSSR count). The molecule has 1 aliphatic heterocycles. The highest BCUT2D eigenvalue weighted by Gasteiger charge is 2.35. The van der Waals surface area contributed by atoms with Gasteiger partial charge in [-0.25, -0.2) is 0 Å². The lowest BCUT2D eigenvalue weighted by molar-refractivity contribution is -0.123. The molecule has 3 aromatic rings. The number of hydrogen-bond donors (Lipinski definition) is 0. The van der Waals surface area contributed by atoms with E-state index in [4.69, 9.17) is 44.3 Å². The van der Waals surface area contributed by atoms with Gasteiger partial charge in [-0.2, -0.15) is 0 Å². The maximum atomic E-state index is 12.9. The third-order valence-corrected chi connectivity index (χ3v) is 6.77. The number of rotatable bonds is 7. The van der Waals surface area contributed by atoms with E-state index < -0.39 is 0 Å². The summed E-state index contributed by atoms with van der Waals surface area (Å²) in [5, 5.41) is 1.08. The van der Waals surface area contributed by atoms with Crippen molar-refractivity contribution in [3.8, 4) is 11.5 Å². The highest BCUT2D eigenvalue weighted by Crippen LogP contribution is 2.40. The van der Waals surface area contributed by atoms with Crippen molar-refractivity contribution >= 4 is 63.8 Å². The Morgan fingerprint density at radius 1 is 0.971 bits per heavy atom. The van der Waals surface area contributed by atoms with E-state index in [1.54, 1.807) is 42.5 Å². The van der Waals surface area contributed by atoms with Crippen LogP contribution in [0.15, 0.2) is 65.6 Å². The van der Waals surface area contributed by atoms with Crippen molar-refractivity contribution in [2.24, 2.45) is 0 Å². The Morgan fingerprint density at radius 3 is 2.50 bits per heavy atom. The van der Waals surface area contributed by atoms with Crippen LogP contribution in [-0.2, 0) is 17.9 Å². The van der Waals surface area contributed by atoms with Gasteiger partial charge in [0.25, 0.3) is 11.1 Å². The van der Waals surface area contributed by atoms with Gasteiger partial charge in [-0.15, -0.1) is 0 Å². The maximum absolute atomic E-state index is 12.9. The first kappa shape index (κ1) is 24.5. The van der Waals surface area contributed by atoms with Crippen LogP contribution >= 0.6 is 46.6 Å². The van der Waals surface area contributed by atoms with Crippen LogP contribution in [-0.4, -0.2) is 23.2 Å². The first-order valence-corrected chi connectivity index (χ1v) is 12.0. The van der Waals surface area contributed by atoms with Crippen molar-refractivity contribution in [3.63, 3.8) is 0 Å². The Labute approximate surface area is 216 Å². The van der Waals surface area contributed by atoms with Crippen LogP contribution in [0, 0.1) is 0 Å². The highest BCUT2D eigenvalue weighted by molar-refractivity contribution is 8.18. The number of carbonyl (C=O) groups excluding carboxylic acids is 2. The van der Waals surface area contributed by atoms with Gasteiger partial charge in [0.05, 0.1) is 23.6 Å². The van der Waals surface area contributed by atoms with Crippen molar-refractivity contribution in [1.82, 2.24) is 4.90 Å². The molecule has 1 heterocycles. The lowest BCUT2D eigenvalue weighted by Crippen LogP contribution is -2.27. The quantitative estimate of drug-likeness (QED) is 0.294. The molecule has 0 N–H and O–H groups in total. The molecule has 1 aliphatic rings. The highest BCUT2D eigenvalue weighted by atomic mass is 35.5. The molecule has 0 unspecified atom stereocenters. The van der Waals surface area contributed by atoms with Gasteiger partial charge < -0.3 is 9.47 Å². The minimum absolute atomic E-state index is 0.140. The minimum atomic E-state index is -0.385. The fraction of sp³-hybridized carbons (Fsp3) is 0.120. The standard InChI is InChI=1S/C25H18Cl3NO4S/c1-32-21-11-16(10-20(28)23(21)33-14-17-6-2-3-8-19(17)27)12-22-24(30)29(25(31)34-22)13-15-5-4-7-18(26)9-15/h2-12H,13-14H2,1H3/b22-12-. The molecule has 3 aromatic carbocycles. The van der Waals surface area contributed by atoms with Crippen LogP contribution in [0.3, 0.4) is 0 Å². The van der Waals surface area contributed by atoms with E-state index in [1.165, 1.54) is 12.0 Å². The van der Waals surface area contributed by atoms with Crippen LogP contribution in [0.2, 0.25) is 15.1 Å². The van der Waals surface area contributed by atoms with Gasteiger partial charge in [-0.3, -0.25) is 14.5 Å². The van der Waals surface area contributed by atoms with Crippen molar-refractivity contribution in [2.45, 2.75) is 13.2 Å². The fourth-order valence-corrected chi connectivity index (χ4v) is 4.85. The summed E-state index contributed by atoms with van der Waals surface area (Å²) in [6.45, 7) is 0.346. The summed E-state index contributed by atoms with van der Waals surface area (Å²) >= 11 is 19.6. The number of benzene rings is 3. The van der Waals surface area contributed by atoms with Crippen LogP contribution in [0.1, 0.15) is 16.7 Å². The number of carbonyl (C=O) groups is 2. The van der Waals surface area contributed by atoms with Crippen LogP contribution in [0.4, 0.5) is 4.79 Å². The van der Waals surface area contributed by atoms with Crippen molar-refractivity contribution in [1.29, 1.82) is 0 Å². The van der Waals surface area contributed by atoms with E-state index >= 15 is 0 Å². The fourth-order valence-electron chi connectivity index (χ4n) is 3.33. The molecule has 34 heavy (non-hydrogen) atoms. The van der Waals surface area contributed by atoms with Gasteiger partial charge in [-0.05, 0) is 59.3 Å². The molecule has 5 nitrogen and oxygen atoms in total. The molecule has 1 fully saturated rings. The van der Waals surface area contributed by atoms with E-state index in [9.17, 15) is 9.59 Å². The molecule has 0 bridgehead atoms. The molecule has 0 saturated carbocycles. The molecule has 0 aromatic heterocycles. The summed E-state index contributed by atoms with van der Waals surface area (Å²) in [5.41, 5.74) is 2.17. The zero-order valence-corrected chi connectivity index (χ0v) is 21.0. The average Bonchev–Trinajstić information content (AvgIpc) is 3.06. The summed E-state index contributed by atoms with van der Waals surface area (Å²) in [7, 11) is 1.50. The second-order valence-corrected chi connectivity index (χ2v) is 9.56. The van der Waals surface area contributed by atoms with Crippen molar-refractivity contribution in [2.75, 3.05) is 7.11 Å². The van der Waals surface area contributed by atoms with Gasteiger partial charge >= 0.3 is 0 Å². The molecule has 0 spiro atoms. The number of halogens is 3. The Kier molecular flexibility index (Phi) is 7.73. The van der Waals surface area contributed by atoms with Crippen molar-refractivity contribution in [3.05, 3.63) is 97.3 Å². The summed E-state index contributed by atoms with van der Waals surface area (Å²) in [5.74, 6) is 0.364. The second-order valence-electron chi connectivity index (χ2n) is 7.31. The Bertz CT molecular complexity index is 1290. The third-order valence-electron chi connectivity index (χ3n) is 4.98. The molecule has 1 saturated heterocycles. The van der Waals surface area contributed by atoms with E-state index in [0.29, 0.717) is 32.1 Å². The number of hydrogen-bond acceptors (Lipinski definition) is 5. The zero-order valence-electron chi connectivity index (χ0n) is 17.9. The Hall–Kier alpha value is -2.64. The molecular weight excluding hydrogens is 517 g/mol. The molecular formula is C25H18Cl3NO4S. The van der Waals surface area contributed by atoms with Crippen LogP contribution < -0.4 is 9.47 Å². The SMILES string of the molecule is COc1cc(/C=C2\SC(=O)N(Cc3cccc(Cl)c3)C2=O)cc(Cl)c1OCc1ccccc1Cl. The molecule has 174 valence electrons. The van der Waals surface area contributed by atoms with Gasteiger partial charge in [-0.1, -0.05) is 65.1 Å². The normalized spacial score (nSPS) is 14.7. The molecule has 0 aliphatic carbocycles. The first-order valence-electron chi connectivity index (χ1n) is 10.1. The third kappa shape index (κ3) is 5.53. The maximum Gasteiger partial charge on any atom is 0.293 e. The monoisotopic (exact) mass is 533 g/mol. The summed E-state index contributed by atoms with van der Waals surface area (Å²) in [6, 6.07) is 17.7. The van der Waals surface area contributed by atoms with Crippen LogP contribution in [0.5, 0.6) is 11.5 Å². The van der Waals surface area contributed by atoms with Gasteiger partial charge in [0.1, 0.15) is 6.61 Å². The van der Waals surface area contributed by atoms with E-state index in [1.807, 2.05) is 24.3 Å². The summed E-state index contributed by atoms with van der Waals surface area (Å²) in [4.78, 5) is 26.8. The lowest BCUT2D eigenvalue weighted by Gasteiger charge is -2.14. The van der Waals surface area contributed by atoms with Crippen molar-refractivity contribution < 1.29 is 19.1 Å². The van der Waals surface area contributed by atoms with Crippen LogP contribution in [0.25, 0.3) is 6.08 Å². The molecule has 9 heteroatoms. The lowest BCUT2D eigenvalue weighted by atomic mass is 10.1. The number of imide groups is 1. The summed E-state index contributed by atoms with van der Waals surface area (Å²) < 4.78 is 11.3. The zero-order chi connectivity index (χ0) is 24.2. The van der Waals surface area contributed by atoms with E-state index in [0.717, 1.165) is 22.9 Å². The van der Waals surface area contributed by atoms with E-state index in [2.05, 4.69) is 0 Å². The smallest absolute Gasteiger partial charge is 0.293 e. The Balaban J connectivity index is 1.54. The summed E-state index contributed by atoms with van der Waals surface area (Å²) in [6.07, 6.45) is 1.61. The number of methoxy groups -OCH3 is 1. The number of ether oxygens (including phenoxy) is 2. The molecule has 0 radical (unpaired) electrons. The largest absolute Gasteiger partial charge is 0.493 e. The average molecular weight is 535 g/mol. The predicted octanol–water partition coefficient (Wildman–Crippen LogP) is 7.47. The number of thioether (sulfide) groups is 1. The van der Waals surface area contributed by atoms with Gasteiger partial charge in [0, 0.05) is 15.6 Å². The molecule has 0 atom stereocenters. The first-order chi connectivity index (χ1) is 16.4. The van der Waals surface area contributed by atoms with E-state index in [-0.39, 0.29) is 29.2 Å². The topological polar surface area (TPSA) is 55.8 Å². The minimum Gasteiger partial charge on any atom is -0.493 e. The number of amides is 2. The van der Waals surface area contributed by atoms with Gasteiger partial charge in [0.15, 0.2) is 11.5 Å².